The quantitative estimate of drug-likeness (QED) is 0.117. The summed E-state index contributed by atoms with van der Waals surface area (Å²) < 4.78 is 4.95. The molecular formula is C53H36N2SSi. The van der Waals surface area contributed by atoms with Crippen molar-refractivity contribution < 1.29 is 0 Å². The van der Waals surface area contributed by atoms with Crippen LogP contribution in [0, 0.1) is 0 Å². The van der Waals surface area contributed by atoms with Crippen LogP contribution in [-0.4, -0.2) is 17.6 Å². The van der Waals surface area contributed by atoms with Crippen LogP contribution in [0.3, 0.4) is 0 Å². The molecular weight excluding hydrogens is 725 g/mol. The smallest absolute Gasteiger partial charge is 0.180 e. The number of benzene rings is 8. The summed E-state index contributed by atoms with van der Waals surface area (Å²) in [5.41, 5.74) is 8.17. The molecule has 0 aliphatic carbocycles. The summed E-state index contributed by atoms with van der Waals surface area (Å²) in [6.07, 6.45) is 1.98. The zero-order chi connectivity index (χ0) is 37.8. The Balaban J connectivity index is 1.22. The molecule has 0 saturated heterocycles. The molecule has 0 aliphatic heterocycles. The molecule has 8 aromatic carbocycles. The molecule has 2 nitrogen and oxygen atoms in total. The van der Waals surface area contributed by atoms with Crippen LogP contribution in [-0.2, 0) is 0 Å². The van der Waals surface area contributed by atoms with E-state index in [-0.39, 0.29) is 0 Å². The van der Waals surface area contributed by atoms with Crippen molar-refractivity contribution in [1.82, 2.24) is 9.55 Å². The molecule has 11 rings (SSSR count). The first kappa shape index (κ1) is 33.5. The number of aromatic nitrogens is 2. The van der Waals surface area contributed by atoms with Gasteiger partial charge in [0.15, 0.2) is 8.07 Å². The van der Waals surface area contributed by atoms with Gasteiger partial charge in [-0.25, -0.2) is 0 Å². The topological polar surface area (TPSA) is 17.8 Å². The van der Waals surface area contributed by atoms with Gasteiger partial charge in [0.1, 0.15) is 0 Å². The summed E-state index contributed by atoms with van der Waals surface area (Å²) in [5.74, 6) is 0. The van der Waals surface area contributed by atoms with E-state index in [4.69, 9.17) is 4.98 Å². The normalized spacial score (nSPS) is 11.9. The number of rotatable bonds is 7. The number of thiophene rings is 1. The van der Waals surface area contributed by atoms with Crippen molar-refractivity contribution in [1.29, 1.82) is 0 Å². The lowest BCUT2D eigenvalue weighted by Crippen LogP contribution is -2.75. The fraction of sp³-hybridized carbons (Fsp3) is 0. The largest absolute Gasteiger partial charge is 0.309 e. The highest BCUT2D eigenvalue weighted by molar-refractivity contribution is 7.26. The summed E-state index contributed by atoms with van der Waals surface area (Å²) in [5, 5.41) is 10.4. The summed E-state index contributed by atoms with van der Waals surface area (Å²) in [7, 11) is -3.04. The second kappa shape index (κ2) is 13.7. The van der Waals surface area contributed by atoms with Crippen LogP contribution in [0.25, 0.3) is 70.0 Å². The monoisotopic (exact) mass is 760 g/mol. The Bertz CT molecular complexity index is 3160. The number of hydrogen-bond donors (Lipinski definition) is 0. The third kappa shape index (κ3) is 5.26. The molecule has 3 aromatic heterocycles. The minimum absolute atomic E-state index is 1.03. The van der Waals surface area contributed by atoms with Crippen LogP contribution in [0.1, 0.15) is 0 Å². The van der Waals surface area contributed by atoms with E-state index in [1.54, 1.807) is 0 Å². The highest BCUT2D eigenvalue weighted by Gasteiger charge is 2.43. The Labute approximate surface area is 336 Å². The molecule has 0 aliphatic rings. The zero-order valence-electron chi connectivity index (χ0n) is 31.1. The molecule has 268 valence electrons. The average molecular weight is 761 g/mol. The molecule has 0 radical (unpaired) electrons. The second-order valence-corrected chi connectivity index (χ2v) is 19.5. The third-order valence-corrected chi connectivity index (χ3v) is 17.6. The standard InChI is InChI=1S/C53H36N2SSi/c1-3-19-38(20-4-1)57(39-21-5-2-6-22-39,40-23-17-18-37(36-40)55-48-30-13-9-25-42(48)43-26-10-14-31-49(43)55)51-33-16-12-28-45(51)41-24-7-8-29-46(41)52-53-47(34-35-54-52)44-27-11-15-32-50(44)56-53/h1-36H. The van der Waals surface area contributed by atoms with Crippen molar-refractivity contribution in [3.8, 4) is 28.1 Å². The fourth-order valence-electron chi connectivity index (χ4n) is 9.23. The van der Waals surface area contributed by atoms with Crippen LogP contribution in [0.5, 0.6) is 0 Å². The molecule has 57 heavy (non-hydrogen) atoms. The molecule has 0 N–H and O–H groups in total. The summed E-state index contributed by atoms with van der Waals surface area (Å²) in [6, 6.07) is 78.4. The maximum absolute atomic E-state index is 5.13. The van der Waals surface area contributed by atoms with E-state index in [0.29, 0.717) is 0 Å². The van der Waals surface area contributed by atoms with Crippen molar-refractivity contribution in [2.75, 3.05) is 0 Å². The van der Waals surface area contributed by atoms with E-state index in [2.05, 4.69) is 217 Å². The molecule has 0 saturated carbocycles. The van der Waals surface area contributed by atoms with Crippen LogP contribution >= 0.6 is 11.3 Å². The summed E-state index contributed by atoms with van der Waals surface area (Å²) >= 11 is 1.83. The highest BCUT2D eigenvalue weighted by atomic mass is 32.1. The first-order valence-corrected chi connectivity index (χ1v) is 22.3. The van der Waals surface area contributed by atoms with Gasteiger partial charge in [0, 0.05) is 43.7 Å². The molecule has 4 heteroatoms. The summed E-state index contributed by atoms with van der Waals surface area (Å²) in [4.78, 5) is 5.13. The fourth-order valence-corrected chi connectivity index (χ4v) is 15.4. The van der Waals surface area contributed by atoms with Crippen LogP contribution in [0.2, 0.25) is 0 Å². The van der Waals surface area contributed by atoms with Gasteiger partial charge in [0.05, 0.1) is 21.4 Å². The Kier molecular flexibility index (Phi) is 8.06. The Morgan fingerprint density at radius 1 is 0.404 bits per heavy atom. The molecule has 0 atom stereocenters. The van der Waals surface area contributed by atoms with Crippen molar-refractivity contribution in [2.45, 2.75) is 0 Å². The summed E-state index contributed by atoms with van der Waals surface area (Å²) in [6.45, 7) is 0. The number of nitrogens with zero attached hydrogens (tertiary/aromatic N) is 2. The maximum Gasteiger partial charge on any atom is 0.180 e. The third-order valence-electron chi connectivity index (χ3n) is 11.6. The molecule has 0 unspecified atom stereocenters. The van der Waals surface area contributed by atoms with Gasteiger partial charge in [-0.15, -0.1) is 11.3 Å². The van der Waals surface area contributed by atoms with E-state index < -0.39 is 8.07 Å². The van der Waals surface area contributed by atoms with Crippen molar-refractivity contribution >= 4 is 82.1 Å². The van der Waals surface area contributed by atoms with Crippen LogP contribution < -0.4 is 20.7 Å². The van der Waals surface area contributed by atoms with Crippen molar-refractivity contribution in [3.05, 3.63) is 219 Å². The van der Waals surface area contributed by atoms with Gasteiger partial charge < -0.3 is 4.57 Å². The van der Waals surface area contributed by atoms with Crippen molar-refractivity contribution in [3.63, 3.8) is 0 Å². The van der Waals surface area contributed by atoms with Crippen LogP contribution in [0.15, 0.2) is 219 Å². The number of para-hydroxylation sites is 2. The first-order chi connectivity index (χ1) is 28.3. The minimum atomic E-state index is -3.04. The van der Waals surface area contributed by atoms with E-state index in [1.807, 2.05) is 17.5 Å². The lowest BCUT2D eigenvalue weighted by molar-refractivity contribution is 1.18. The van der Waals surface area contributed by atoms with Gasteiger partial charge >= 0.3 is 0 Å². The van der Waals surface area contributed by atoms with Gasteiger partial charge in [0.25, 0.3) is 0 Å². The predicted octanol–water partition coefficient (Wildman–Crippen LogP) is 11.3. The number of pyridine rings is 1. The van der Waals surface area contributed by atoms with Crippen LogP contribution in [0.4, 0.5) is 0 Å². The predicted molar refractivity (Wildman–Crippen MR) is 246 cm³/mol. The molecule has 0 amide bonds. The maximum atomic E-state index is 5.13. The van der Waals surface area contributed by atoms with E-state index in [9.17, 15) is 0 Å². The molecule has 0 spiro atoms. The average Bonchev–Trinajstić information content (AvgIpc) is 3.84. The van der Waals surface area contributed by atoms with E-state index in [1.165, 1.54) is 73.9 Å². The first-order valence-electron chi connectivity index (χ1n) is 19.5. The van der Waals surface area contributed by atoms with Gasteiger partial charge in [-0.1, -0.05) is 176 Å². The van der Waals surface area contributed by atoms with Gasteiger partial charge in [0.2, 0.25) is 0 Å². The highest BCUT2D eigenvalue weighted by Crippen LogP contribution is 2.41. The lowest BCUT2D eigenvalue weighted by Gasteiger charge is -2.36. The molecule has 11 aromatic rings. The number of fused-ring (bicyclic) bond motifs is 6. The van der Waals surface area contributed by atoms with Crippen molar-refractivity contribution in [2.24, 2.45) is 0 Å². The van der Waals surface area contributed by atoms with Gasteiger partial charge in [-0.2, -0.15) is 0 Å². The Morgan fingerprint density at radius 2 is 0.947 bits per heavy atom. The lowest BCUT2D eigenvalue weighted by atomic mass is 9.96. The van der Waals surface area contributed by atoms with Gasteiger partial charge in [-0.05, 0) is 68.3 Å². The minimum Gasteiger partial charge on any atom is -0.309 e. The molecule has 0 bridgehead atoms. The Morgan fingerprint density at radius 3 is 1.65 bits per heavy atom. The van der Waals surface area contributed by atoms with E-state index in [0.717, 1.165) is 16.9 Å². The zero-order valence-corrected chi connectivity index (χ0v) is 32.9. The van der Waals surface area contributed by atoms with Gasteiger partial charge in [-0.3, -0.25) is 4.98 Å². The second-order valence-electron chi connectivity index (χ2n) is 14.6. The Hall–Kier alpha value is -6.85. The molecule has 3 heterocycles. The van der Waals surface area contributed by atoms with E-state index >= 15 is 0 Å². The number of hydrogen-bond acceptors (Lipinski definition) is 2. The molecule has 0 fully saturated rings. The SMILES string of the molecule is c1ccc([Si](c2ccccc2)(c2cccc(-n3c4ccccc4c4ccccc43)c2)c2ccccc2-c2ccccc2-c2nccc3c2sc2ccccc23)cc1.